The number of hydrogen-bond acceptors (Lipinski definition) is 6. The Morgan fingerprint density at radius 2 is 0.878 bits per heavy atom. The van der Waals surface area contributed by atoms with Crippen LogP contribution in [-0.4, -0.2) is 54.8 Å². The highest BCUT2D eigenvalue weighted by atomic mass is 28.4. The van der Waals surface area contributed by atoms with Crippen LogP contribution in [0.1, 0.15) is 59.5 Å². The number of ether oxygens (including phenoxy) is 1. The fraction of sp³-hybridized carbons (Fsp3) is 0.562. The highest BCUT2D eigenvalue weighted by Crippen LogP contribution is 2.24. The van der Waals surface area contributed by atoms with Crippen LogP contribution < -0.4 is 0 Å². The molecule has 0 N–H and O–H groups in total. The lowest BCUT2D eigenvalue weighted by molar-refractivity contribution is 0.0556. The first-order chi connectivity index (χ1) is 18.5. The van der Waals surface area contributed by atoms with Crippen LogP contribution in [0.2, 0.25) is 58.9 Å². The molecule has 0 aliphatic carbocycles. The van der Waals surface area contributed by atoms with Gasteiger partial charge in [-0.15, -0.1) is 0 Å². The second kappa shape index (κ2) is 14.6. The first-order valence-electron chi connectivity index (χ1n) is 14.3. The minimum Gasteiger partial charge on any atom is -0.413 e. The van der Waals surface area contributed by atoms with Crippen LogP contribution in [0.5, 0.6) is 0 Å². The summed E-state index contributed by atoms with van der Waals surface area (Å²) < 4.78 is 23.0. The Morgan fingerprint density at radius 3 is 1.15 bits per heavy atom. The Morgan fingerprint density at radius 1 is 0.561 bits per heavy atom. The second-order valence-corrected chi connectivity index (χ2v) is 27.7. The summed E-state index contributed by atoms with van der Waals surface area (Å²) in [5, 5.41) is 0. The lowest BCUT2D eigenvalue weighted by Crippen LogP contribution is -2.44. The summed E-state index contributed by atoms with van der Waals surface area (Å²) in [4.78, 5) is 25.1. The van der Waals surface area contributed by atoms with Gasteiger partial charge < -0.3 is 18.0 Å². The molecule has 2 aromatic rings. The normalized spacial score (nSPS) is 12.9. The maximum absolute atomic E-state index is 12.6. The minimum atomic E-state index is -1.77. The van der Waals surface area contributed by atoms with Gasteiger partial charge in [0.25, 0.3) is 0 Å². The first-order valence-corrected chi connectivity index (χ1v) is 24.5. The predicted molar refractivity (Wildman–Crippen MR) is 177 cm³/mol. The summed E-state index contributed by atoms with van der Waals surface area (Å²) >= 11 is 0. The van der Waals surface area contributed by atoms with E-state index in [2.05, 4.69) is 58.9 Å². The number of hydrogen-bond donors (Lipinski definition) is 0. The zero-order valence-corrected chi connectivity index (χ0v) is 31.0. The van der Waals surface area contributed by atoms with Gasteiger partial charge in [-0.2, -0.15) is 0 Å². The highest BCUT2D eigenvalue weighted by molar-refractivity contribution is 6.70. The standard InChI is InChI=1S/C17H30O3Si2.C15H24O3Si/c1-17(2,20-22(6,7)8)16(18)15-11-9-14(10-12-15)13-19-21(3,4)5;1-15(2,18-19(4,5)6)14(16)13-9-7-12(8-10-13)11-17-3/h9-12H,13H2,1-8H3;7-10H,11H2,1-6H3. The third-order valence-electron chi connectivity index (χ3n) is 5.63. The molecule has 0 heterocycles. The molecular formula is C32H54O6Si3. The van der Waals surface area contributed by atoms with Gasteiger partial charge in [0.1, 0.15) is 11.2 Å². The number of carbonyl (C=O) groups excluding carboxylic acids is 2. The fourth-order valence-electron chi connectivity index (χ4n) is 4.29. The van der Waals surface area contributed by atoms with E-state index in [-0.39, 0.29) is 11.6 Å². The Labute approximate surface area is 252 Å². The monoisotopic (exact) mass is 618 g/mol. The molecule has 2 aromatic carbocycles. The maximum Gasteiger partial charge on any atom is 0.192 e. The Balaban J connectivity index is 0.000000414. The molecule has 0 atom stereocenters. The lowest BCUT2D eigenvalue weighted by atomic mass is 9.96. The topological polar surface area (TPSA) is 71.1 Å². The molecule has 6 nitrogen and oxygen atoms in total. The Kier molecular flexibility index (Phi) is 13.3. The van der Waals surface area contributed by atoms with Crippen LogP contribution in [0.15, 0.2) is 48.5 Å². The highest BCUT2D eigenvalue weighted by Gasteiger charge is 2.35. The predicted octanol–water partition coefficient (Wildman–Crippen LogP) is 8.50. The van der Waals surface area contributed by atoms with Gasteiger partial charge in [0.2, 0.25) is 0 Å². The van der Waals surface area contributed by atoms with Crippen molar-refractivity contribution in [2.45, 2.75) is 111 Å². The quantitative estimate of drug-likeness (QED) is 0.166. The van der Waals surface area contributed by atoms with Crippen molar-refractivity contribution in [1.82, 2.24) is 0 Å². The van der Waals surface area contributed by atoms with Crippen molar-refractivity contribution in [3.63, 3.8) is 0 Å². The summed E-state index contributed by atoms with van der Waals surface area (Å²) in [6, 6.07) is 15.2. The van der Waals surface area contributed by atoms with Crippen LogP contribution >= 0.6 is 0 Å². The fourth-order valence-corrected chi connectivity index (χ4v) is 8.14. The number of methoxy groups -OCH3 is 1. The van der Waals surface area contributed by atoms with E-state index >= 15 is 0 Å². The summed E-state index contributed by atoms with van der Waals surface area (Å²) in [6.07, 6.45) is 0. The molecular weight excluding hydrogens is 565 g/mol. The van der Waals surface area contributed by atoms with Gasteiger partial charge in [-0.1, -0.05) is 48.5 Å². The zero-order valence-electron chi connectivity index (χ0n) is 28.0. The molecule has 0 saturated carbocycles. The van der Waals surface area contributed by atoms with E-state index in [0.29, 0.717) is 24.3 Å². The molecule has 2 rings (SSSR count). The van der Waals surface area contributed by atoms with Crippen molar-refractivity contribution in [2.75, 3.05) is 7.11 Å². The van der Waals surface area contributed by atoms with Crippen LogP contribution in [0.3, 0.4) is 0 Å². The molecule has 0 saturated heterocycles. The SMILES string of the molecule is CC(C)(O[Si](C)(C)C)C(=O)c1ccc(CO[Si](C)(C)C)cc1.COCc1ccc(C(=O)C(C)(C)O[Si](C)(C)C)cc1. The number of carbonyl (C=O) groups is 2. The molecule has 0 bridgehead atoms. The van der Waals surface area contributed by atoms with Gasteiger partial charge in [0.15, 0.2) is 36.5 Å². The summed E-state index contributed by atoms with van der Waals surface area (Å²) in [6.45, 7) is 27.6. The number of ketones is 2. The molecule has 230 valence electrons. The van der Waals surface area contributed by atoms with Gasteiger partial charge in [-0.25, -0.2) is 0 Å². The molecule has 9 heteroatoms. The van der Waals surface area contributed by atoms with E-state index < -0.39 is 36.2 Å². The van der Waals surface area contributed by atoms with E-state index in [1.807, 2.05) is 76.2 Å². The van der Waals surface area contributed by atoms with Crippen LogP contribution in [0.4, 0.5) is 0 Å². The molecule has 0 aliphatic heterocycles. The molecule has 0 unspecified atom stereocenters. The molecule has 0 amide bonds. The average Bonchev–Trinajstić information content (AvgIpc) is 2.80. The van der Waals surface area contributed by atoms with Crippen LogP contribution in [0, 0.1) is 0 Å². The van der Waals surface area contributed by atoms with E-state index in [0.717, 1.165) is 11.1 Å². The van der Waals surface area contributed by atoms with Crippen molar-refractivity contribution in [3.05, 3.63) is 70.8 Å². The van der Waals surface area contributed by atoms with Crippen LogP contribution in [-0.2, 0) is 31.2 Å². The second-order valence-electron chi connectivity index (χ2n) is 14.3. The molecule has 0 aromatic heterocycles. The number of Topliss-reactive ketones (excluding diaryl/α,β-unsaturated/α-hetero) is 2. The van der Waals surface area contributed by atoms with Crippen molar-refractivity contribution in [3.8, 4) is 0 Å². The van der Waals surface area contributed by atoms with E-state index in [1.165, 1.54) is 0 Å². The zero-order chi connectivity index (χ0) is 31.9. The van der Waals surface area contributed by atoms with Gasteiger partial charge in [-0.05, 0) is 97.7 Å². The third kappa shape index (κ3) is 14.3. The lowest BCUT2D eigenvalue weighted by Gasteiger charge is -2.31. The van der Waals surface area contributed by atoms with E-state index in [4.69, 9.17) is 18.0 Å². The first kappa shape index (κ1) is 37.3. The maximum atomic E-state index is 12.6. The van der Waals surface area contributed by atoms with E-state index in [9.17, 15) is 9.59 Å². The summed E-state index contributed by atoms with van der Waals surface area (Å²) in [5.41, 5.74) is 1.99. The summed E-state index contributed by atoms with van der Waals surface area (Å²) in [7, 11) is -3.38. The minimum absolute atomic E-state index is 0.0268. The Hall–Kier alpha value is -1.73. The molecule has 0 spiro atoms. The molecule has 41 heavy (non-hydrogen) atoms. The van der Waals surface area contributed by atoms with Gasteiger partial charge in [0, 0.05) is 18.2 Å². The van der Waals surface area contributed by atoms with Crippen LogP contribution in [0.25, 0.3) is 0 Å². The van der Waals surface area contributed by atoms with Gasteiger partial charge in [0.05, 0.1) is 13.2 Å². The van der Waals surface area contributed by atoms with Crippen molar-refractivity contribution >= 4 is 36.5 Å². The average molecular weight is 619 g/mol. The summed E-state index contributed by atoms with van der Waals surface area (Å²) in [5.74, 6) is 0.0616. The number of benzene rings is 2. The van der Waals surface area contributed by atoms with Crippen molar-refractivity contribution in [2.24, 2.45) is 0 Å². The van der Waals surface area contributed by atoms with E-state index in [1.54, 1.807) is 7.11 Å². The third-order valence-corrected chi connectivity index (χ3v) is 8.89. The molecule has 0 radical (unpaired) electrons. The van der Waals surface area contributed by atoms with Gasteiger partial charge >= 0.3 is 0 Å². The molecule has 0 aliphatic rings. The van der Waals surface area contributed by atoms with Crippen molar-refractivity contribution in [1.29, 1.82) is 0 Å². The van der Waals surface area contributed by atoms with Crippen molar-refractivity contribution < 1.29 is 27.6 Å². The Bertz CT molecular complexity index is 1120. The molecule has 0 fully saturated rings. The smallest absolute Gasteiger partial charge is 0.192 e. The largest absolute Gasteiger partial charge is 0.413 e. The van der Waals surface area contributed by atoms with Gasteiger partial charge in [-0.3, -0.25) is 9.59 Å². The number of rotatable bonds is 13.